The van der Waals surface area contributed by atoms with Gasteiger partial charge in [-0.2, -0.15) is 5.10 Å². The zero-order valence-electron chi connectivity index (χ0n) is 11.2. The molecule has 0 bridgehead atoms. The van der Waals surface area contributed by atoms with Gasteiger partial charge in [0.1, 0.15) is 5.75 Å². The topological polar surface area (TPSA) is 39.1 Å². The van der Waals surface area contributed by atoms with E-state index in [9.17, 15) is 0 Å². The molecule has 1 heterocycles. The molecule has 0 atom stereocenters. The molecule has 0 spiro atoms. The third-order valence-electron chi connectivity index (χ3n) is 2.69. The molecular weight excluding hydrogens is 262 g/mol. The fourth-order valence-corrected chi connectivity index (χ4v) is 2.05. The number of halogens is 1. The van der Waals surface area contributed by atoms with Gasteiger partial charge in [0, 0.05) is 18.1 Å². The minimum atomic E-state index is 0.702. The molecule has 0 saturated carbocycles. The fraction of sp³-hybridized carbons (Fsp3) is 0.357. The van der Waals surface area contributed by atoms with Crippen LogP contribution in [0.2, 0.25) is 5.02 Å². The van der Waals surface area contributed by atoms with Crippen LogP contribution in [0, 0.1) is 0 Å². The molecule has 0 unspecified atom stereocenters. The van der Waals surface area contributed by atoms with Crippen molar-refractivity contribution in [1.29, 1.82) is 0 Å². The summed E-state index contributed by atoms with van der Waals surface area (Å²) in [5.41, 5.74) is 1.05. The van der Waals surface area contributed by atoms with E-state index in [0.29, 0.717) is 5.02 Å². The molecular formula is C14H18ClN3O. The minimum absolute atomic E-state index is 0.702. The zero-order valence-corrected chi connectivity index (χ0v) is 11.9. The third-order valence-corrected chi connectivity index (χ3v) is 3.04. The lowest BCUT2D eigenvalue weighted by molar-refractivity contribution is 0.480. The predicted molar refractivity (Wildman–Crippen MR) is 76.8 cm³/mol. The number of aryl methyl sites for hydroxylation is 1. The maximum Gasteiger partial charge on any atom is 0.165 e. The van der Waals surface area contributed by atoms with Gasteiger partial charge < -0.3 is 10.1 Å². The summed E-state index contributed by atoms with van der Waals surface area (Å²) in [6, 6.07) is 5.70. The van der Waals surface area contributed by atoms with Crippen LogP contribution >= 0.6 is 11.6 Å². The quantitative estimate of drug-likeness (QED) is 0.880. The van der Waals surface area contributed by atoms with E-state index >= 15 is 0 Å². The Kier molecular flexibility index (Phi) is 4.82. The van der Waals surface area contributed by atoms with Crippen LogP contribution in [0.1, 0.15) is 18.9 Å². The third kappa shape index (κ3) is 3.72. The minimum Gasteiger partial charge on any atom is -0.454 e. The lowest BCUT2D eigenvalue weighted by Gasteiger charge is -2.07. The molecule has 0 aliphatic carbocycles. The number of aromatic nitrogens is 2. The van der Waals surface area contributed by atoms with Crippen molar-refractivity contribution >= 4 is 11.6 Å². The Morgan fingerprint density at radius 1 is 1.37 bits per heavy atom. The number of ether oxygens (including phenoxy) is 1. The second kappa shape index (κ2) is 6.59. The molecule has 4 nitrogen and oxygen atoms in total. The maximum absolute atomic E-state index is 6.19. The monoisotopic (exact) mass is 279 g/mol. The Morgan fingerprint density at radius 3 is 2.89 bits per heavy atom. The van der Waals surface area contributed by atoms with Crippen LogP contribution in [0.15, 0.2) is 30.6 Å². The van der Waals surface area contributed by atoms with Gasteiger partial charge >= 0.3 is 0 Å². The van der Waals surface area contributed by atoms with Crippen molar-refractivity contribution in [2.24, 2.45) is 0 Å². The first-order chi connectivity index (χ1) is 9.22. The van der Waals surface area contributed by atoms with E-state index in [0.717, 1.165) is 36.6 Å². The van der Waals surface area contributed by atoms with Gasteiger partial charge in [-0.3, -0.25) is 4.68 Å². The van der Waals surface area contributed by atoms with Gasteiger partial charge in [-0.15, -0.1) is 0 Å². The number of hydrogen-bond acceptors (Lipinski definition) is 3. The average molecular weight is 280 g/mol. The molecule has 0 saturated heterocycles. The fourth-order valence-electron chi connectivity index (χ4n) is 1.81. The molecule has 2 aromatic rings. The first kappa shape index (κ1) is 13.9. The van der Waals surface area contributed by atoms with Gasteiger partial charge in [-0.25, -0.2) is 0 Å². The Hall–Kier alpha value is -1.52. The Morgan fingerprint density at radius 2 is 2.21 bits per heavy atom. The molecule has 0 radical (unpaired) electrons. The summed E-state index contributed by atoms with van der Waals surface area (Å²) in [6.07, 6.45) is 4.65. The molecule has 1 aromatic carbocycles. The summed E-state index contributed by atoms with van der Waals surface area (Å²) in [7, 11) is 1.89. The number of nitrogens with one attached hydrogen (secondary N) is 1. The van der Waals surface area contributed by atoms with Crippen molar-refractivity contribution < 1.29 is 4.74 Å². The van der Waals surface area contributed by atoms with E-state index in [-0.39, 0.29) is 0 Å². The molecule has 2 rings (SSSR count). The zero-order chi connectivity index (χ0) is 13.7. The van der Waals surface area contributed by atoms with Crippen molar-refractivity contribution in [1.82, 2.24) is 15.1 Å². The van der Waals surface area contributed by atoms with Crippen molar-refractivity contribution in [2.45, 2.75) is 26.4 Å². The highest BCUT2D eigenvalue weighted by molar-refractivity contribution is 6.31. The standard InChI is InChI=1S/C14H18ClN3O/c1-3-6-18-10-13(9-17-18)19-12-5-4-11(8-16-2)14(15)7-12/h4-5,7,9-10,16H,3,6,8H2,1-2H3. The molecule has 0 fully saturated rings. The number of hydrogen-bond donors (Lipinski definition) is 1. The molecule has 0 aliphatic rings. The van der Waals surface area contributed by atoms with E-state index in [1.807, 2.05) is 36.1 Å². The first-order valence-corrected chi connectivity index (χ1v) is 6.74. The van der Waals surface area contributed by atoms with Gasteiger partial charge in [-0.1, -0.05) is 24.6 Å². The molecule has 0 amide bonds. The lowest BCUT2D eigenvalue weighted by Crippen LogP contribution is -2.05. The molecule has 1 N–H and O–H groups in total. The molecule has 0 aliphatic heterocycles. The second-order valence-corrected chi connectivity index (χ2v) is 4.73. The second-order valence-electron chi connectivity index (χ2n) is 4.32. The van der Waals surface area contributed by atoms with E-state index in [1.165, 1.54) is 0 Å². The van der Waals surface area contributed by atoms with Gasteiger partial charge in [0.2, 0.25) is 0 Å². The summed E-state index contributed by atoms with van der Waals surface area (Å²) >= 11 is 6.19. The van der Waals surface area contributed by atoms with E-state index in [1.54, 1.807) is 6.20 Å². The van der Waals surface area contributed by atoms with Crippen LogP contribution in [-0.4, -0.2) is 16.8 Å². The van der Waals surface area contributed by atoms with Crippen LogP contribution < -0.4 is 10.1 Å². The van der Waals surface area contributed by atoms with Crippen molar-refractivity contribution in [3.8, 4) is 11.5 Å². The summed E-state index contributed by atoms with van der Waals surface area (Å²) < 4.78 is 7.60. The highest BCUT2D eigenvalue weighted by atomic mass is 35.5. The first-order valence-electron chi connectivity index (χ1n) is 6.36. The summed E-state index contributed by atoms with van der Waals surface area (Å²) in [6.45, 7) is 3.75. The molecule has 1 aromatic heterocycles. The van der Waals surface area contributed by atoms with Crippen LogP contribution in [0.4, 0.5) is 0 Å². The van der Waals surface area contributed by atoms with Crippen LogP contribution in [0.3, 0.4) is 0 Å². The summed E-state index contributed by atoms with van der Waals surface area (Å²) in [4.78, 5) is 0. The highest BCUT2D eigenvalue weighted by Gasteiger charge is 2.04. The van der Waals surface area contributed by atoms with Gasteiger partial charge in [0.15, 0.2) is 5.75 Å². The molecule has 102 valence electrons. The van der Waals surface area contributed by atoms with Crippen LogP contribution in [0.5, 0.6) is 11.5 Å². The van der Waals surface area contributed by atoms with Gasteiger partial charge in [-0.05, 0) is 31.2 Å². The Balaban J connectivity index is 2.07. The van der Waals surface area contributed by atoms with Crippen molar-refractivity contribution in [3.63, 3.8) is 0 Å². The Labute approximate surface area is 118 Å². The van der Waals surface area contributed by atoms with E-state index in [2.05, 4.69) is 17.3 Å². The number of benzene rings is 1. The SMILES string of the molecule is CCCn1cc(Oc2ccc(CNC)c(Cl)c2)cn1. The summed E-state index contributed by atoms with van der Waals surface area (Å²) in [5, 5.41) is 7.99. The summed E-state index contributed by atoms with van der Waals surface area (Å²) in [5.74, 6) is 1.45. The predicted octanol–water partition coefficient (Wildman–Crippen LogP) is 3.46. The molecule has 5 heteroatoms. The van der Waals surface area contributed by atoms with Crippen LogP contribution in [-0.2, 0) is 13.1 Å². The Bertz CT molecular complexity index is 539. The number of rotatable bonds is 6. The lowest BCUT2D eigenvalue weighted by atomic mass is 10.2. The van der Waals surface area contributed by atoms with Gasteiger partial charge in [0.25, 0.3) is 0 Å². The maximum atomic E-state index is 6.19. The van der Waals surface area contributed by atoms with Crippen LogP contribution in [0.25, 0.3) is 0 Å². The average Bonchev–Trinajstić information content (AvgIpc) is 2.81. The van der Waals surface area contributed by atoms with E-state index < -0.39 is 0 Å². The highest BCUT2D eigenvalue weighted by Crippen LogP contribution is 2.26. The largest absolute Gasteiger partial charge is 0.454 e. The molecule has 19 heavy (non-hydrogen) atoms. The number of nitrogens with zero attached hydrogens (tertiary/aromatic N) is 2. The smallest absolute Gasteiger partial charge is 0.165 e. The normalized spacial score (nSPS) is 10.7. The van der Waals surface area contributed by atoms with Crippen molar-refractivity contribution in [2.75, 3.05) is 7.05 Å². The van der Waals surface area contributed by atoms with E-state index in [4.69, 9.17) is 16.3 Å². The van der Waals surface area contributed by atoms with Crippen molar-refractivity contribution in [3.05, 3.63) is 41.2 Å². The van der Waals surface area contributed by atoms with Gasteiger partial charge in [0.05, 0.1) is 12.4 Å².